The molecule has 0 aliphatic heterocycles. The lowest BCUT2D eigenvalue weighted by Crippen LogP contribution is -2.43. The molecule has 5 nitrogen and oxygen atoms in total. The maximum atomic E-state index is 13.1. The maximum Gasteiger partial charge on any atom is 0.416 e. The molecule has 2 rings (SSSR count). The van der Waals surface area contributed by atoms with E-state index in [4.69, 9.17) is 0 Å². The van der Waals surface area contributed by atoms with Gasteiger partial charge in [-0.2, -0.15) is 13.2 Å². The van der Waals surface area contributed by atoms with Crippen LogP contribution in [0.25, 0.3) is 0 Å². The number of phenolic OH excluding ortho intramolecular Hbond substituents is 1. The van der Waals surface area contributed by atoms with Crippen molar-refractivity contribution in [1.82, 2.24) is 5.32 Å². The molecule has 0 saturated heterocycles. The number of esters is 1. The number of amides is 1. The van der Waals surface area contributed by atoms with Crippen LogP contribution in [0, 0.1) is 0 Å². The molecule has 0 saturated carbocycles. The Labute approximate surface area is 147 Å². The van der Waals surface area contributed by atoms with E-state index in [1.807, 2.05) is 0 Å². The average molecular weight is 367 g/mol. The minimum absolute atomic E-state index is 0.0583. The summed E-state index contributed by atoms with van der Waals surface area (Å²) in [5, 5.41) is 11.8. The zero-order valence-electron chi connectivity index (χ0n) is 13.7. The van der Waals surface area contributed by atoms with E-state index in [2.05, 4.69) is 10.1 Å². The standard InChI is InChI=1S/C18H16F3NO4/c1-26-17(25)15(22-16(24)12-6-4-7-13(23)9-12)10-11-5-2-3-8-14(11)18(19,20)21/h2-9,15,23H,10H2,1H3,(H,22,24)/t15-/m1/s1. The summed E-state index contributed by atoms with van der Waals surface area (Å²) in [5.74, 6) is -1.76. The summed E-state index contributed by atoms with van der Waals surface area (Å²) in [7, 11) is 1.07. The zero-order valence-corrected chi connectivity index (χ0v) is 13.7. The Morgan fingerprint density at radius 3 is 2.46 bits per heavy atom. The molecule has 0 heterocycles. The molecule has 0 fully saturated rings. The fourth-order valence-electron chi connectivity index (χ4n) is 2.42. The van der Waals surface area contributed by atoms with Crippen molar-refractivity contribution in [1.29, 1.82) is 0 Å². The predicted molar refractivity (Wildman–Crippen MR) is 86.5 cm³/mol. The molecule has 2 aromatic carbocycles. The van der Waals surface area contributed by atoms with Crippen molar-refractivity contribution in [2.75, 3.05) is 7.11 Å². The first-order chi connectivity index (χ1) is 12.2. The van der Waals surface area contributed by atoms with Crippen molar-refractivity contribution in [2.45, 2.75) is 18.6 Å². The zero-order chi connectivity index (χ0) is 19.3. The largest absolute Gasteiger partial charge is 0.508 e. The lowest BCUT2D eigenvalue weighted by Gasteiger charge is -2.19. The highest BCUT2D eigenvalue weighted by Crippen LogP contribution is 2.32. The minimum Gasteiger partial charge on any atom is -0.508 e. The van der Waals surface area contributed by atoms with Gasteiger partial charge in [-0.3, -0.25) is 4.79 Å². The van der Waals surface area contributed by atoms with E-state index in [1.165, 1.54) is 42.5 Å². The number of halogens is 3. The Kier molecular flexibility index (Phi) is 5.86. The highest BCUT2D eigenvalue weighted by Gasteiger charge is 2.34. The Morgan fingerprint density at radius 1 is 1.15 bits per heavy atom. The molecular weight excluding hydrogens is 351 g/mol. The van der Waals surface area contributed by atoms with Crippen LogP contribution in [0.4, 0.5) is 13.2 Å². The number of benzene rings is 2. The van der Waals surface area contributed by atoms with Crippen LogP contribution in [-0.4, -0.2) is 30.1 Å². The topological polar surface area (TPSA) is 75.6 Å². The van der Waals surface area contributed by atoms with Crippen LogP contribution < -0.4 is 5.32 Å². The van der Waals surface area contributed by atoms with Crippen LogP contribution >= 0.6 is 0 Å². The number of nitrogens with one attached hydrogen (secondary N) is 1. The van der Waals surface area contributed by atoms with Crippen molar-refractivity contribution in [3.05, 3.63) is 65.2 Å². The van der Waals surface area contributed by atoms with Crippen LogP contribution in [0.15, 0.2) is 48.5 Å². The SMILES string of the molecule is COC(=O)[C@@H](Cc1ccccc1C(F)(F)F)NC(=O)c1cccc(O)c1. The number of aromatic hydroxyl groups is 1. The Hall–Kier alpha value is -3.03. The fourth-order valence-corrected chi connectivity index (χ4v) is 2.42. The number of phenols is 1. The first kappa shape index (κ1) is 19.3. The molecule has 8 heteroatoms. The van der Waals surface area contributed by atoms with Crippen molar-refractivity contribution >= 4 is 11.9 Å². The number of hydrogen-bond acceptors (Lipinski definition) is 4. The highest BCUT2D eigenvalue weighted by atomic mass is 19.4. The normalized spacial score (nSPS) is 12.3. The number of hydrogen-bond donors (Lipinski definition) is 2. The van der Waals surface area contributed by atoms with E-state index in [1.54, 1.807) is 0 Å². The second-order valence-electron chi connectivity index (χ2n) is 5.46. The summed E-state index contributed by atoms with van der Waals surface area (Å²) < 4.78 is 44.0. The van der Waals surface area contributed by atoms with Crippen LogP contribution in [-0.2, 0) is 22.1 Å². The maximum absolute atomic E-state index is 13.1. The van der Waals surface area contributed by atoms with Crippen LogP contribution in [0.2, 0.25) is 0 Å². The summed E-state index contributed by atoms with van der Waals surface area (Å²) in [5.41, 5.74) is -0.977. The Bertz CT molecular complexity index is 805. The van der Waals surface area contributed by atoms with E-state index in [0.29, 0.717) is 0 Å². The first-order valence-corrected chi connectivity index (χ1v) is 7.55. The summed E-state index contributed by atoms with van der Waals surface area (Å²) in [6.07, 6.45) is -4.99. The highest BCUT2D eigenvalue weighted by molar-refractivity contribution is 5.97. The average Bonchev–Trinajstić information content (AvgIpc) is 2.60. The molecule has 138 valence electrons. The molecule has 0 bridgehead atoms. The van der Waals surface area contributed by atoms with Crippen LogP contribution in [0.1, 0.15) is 21.5 Å². The third-order valence-corrected chi connectivity index (χ3v) is 3.65. The number of methoxy groups -OCH3 is 1. The van der Waals surface area contributed by atoms with Gasteiger partial charge in [-0.1, -0.05) is 24.3 Å². The molecular formula is C18H16F3NO4. The van der Waals surface area contributed by atoms with E-state index >= 15 is 0 Å². The quantitative estimate of drug-likeness (QED) is 0.797. The third-order valence-electron chi connectivity index (χ3n) is 3.65. The van der Waals surface area contributed by atoms with E-state index in [0.717, 1.165) is 13.2 Å². The van der Waals surface area contributed by atoms with Gasteiger partial charge in [0.25, 0.3) is 5.91 Å². The van der Waals surface area contributed by atoms with Gasteiger partial charge in [0, 0.05) is 12.0 Å². The molecule has 2 aromatic rings. The summed E-state index contributed by atoms with van der Waals surface area (Å²) in [6.45, 7) is 0. The monoisotopic (exact) mass is 367 g/mol. The molecule has 0 aliphatic rings. The van der Waals surface area contributed by atoms with Crippen LogP contribution in [0.3, 0.4) is 0 Å². The molecule has 0 aromatic heterocycles. The van der Waals surface area contributed by atoms with Gasteiger partial charge in [0.2, 0.25) is 0 Å². The number of carbonyl (C=O) groups excluding carboxylic acids is 2. The van der Waals surface area contributed by atoms with Gasteiger partial charge >= 0.3 is 12.1 Å². The number of ether oxygens (including phenoxy) is 1. The smallest absolute Gasteiger partial charge is 0.416 e. The third kappa shape index (κ3) is 4.75. The predicted octanol–water partition coefficient (Wildman–Crippen LogP) is 2.93. The number of rotatable bonds is 5. The Morgan fingerprint density at radius 2 is 1.85 bits per heavy atom. The van der Waals surface area contributed by atoms with Crippen molar-refractivity contribution in [3.63, 3.8) is 0 Å². The second-order valence-corrected chi connectivity index (χ2v) is 5.46. The van der Waals surface area contributed by atoms with Crippen molar-refractivity contribution in [2.24, 2.45) is 0 Å². The first-order valence-electron chi connectivity index (χ1n) is 7.55. The molecule has 2 N–H and O–H groups in total. The molecule has 0 aliphatic carbocycles. The lowest BCUT2D eigenvalue weighted by atomic mass is 9.99. The van der Waals surface area contributed by atoms with Crippen LogP contribution in [0.5, 0.6) is 5.75 Å². The molecule has 1 atom stereocenters. The van der Waals surface area contributed by atoms with Gasteiger partial charge in [0.05, 0.1) is 12.7 Å². The van der Waals surface area contributed by atoms with Gasteiger partial charge in [0.15, 0.2) is 0 Å². The van der Waals surface area contributed by atoms with E-state index in [9.17, 15) is 27.9 Å². The van der Waals surface area contributed by atoms with E-state index < -0.39 is 36.1 Å². The minimum atomic E-state index is -4.59. The number of alkyl halides is 3. The van der Waals surface area contributed by atoms with Gasteiger partial charge in [-0.15, -0.1) is 0 Å². The molecule has 0 unspecified atom stereocenters. The van der Waals surface area contributed by atoms with Crippen molar-refractivity contribution < 1.29 is 32.6 Å². The lowest BCUT2D eigenvalue weighted by molar-refractivity contribution is -0.144. The molecule has 26 heavy (non-hydrogen) atoms. The summed E-state index contributed by atoms with van der Waals surface area (Å²) in [6, 6.07) is 8.82. The van der Waals surface area contributed by atoms with E-state index in [-0.39, 0.29) is 16.9 Å². The van der Waals surface area contributed by atoms with Gasteiger partial charge in [-0.25, -0.2) is 4.79 Å². The fraction of sp³-hybridized carbons (Fsp3) is 0.222. The summed E-state index contributed by atoms with van der Waals surface area (Å²) >= 11 is 0. The Balaban J connectivity index is 2.27. The molecule has 0 radical (unpaired) electrons. The van der Waals surface area contributed by atoms with Crippen molar-refractivity contribution in [3.8, 4) is 5.75 Å². The summed E-state index contributed by atoms with van der Waals surface area (Å²) in [4.78, 5) is 24.2. The molecule has 0 spiro atoms. The van der Waals surface area contributed by atoms with Gasteiger partial charge in [0.1, 0.15) is 11.8 Å². The van der Waals surface area contributed by atoms with Gasteiger partial charge < -0.3 is 15.2 Å². The second kappa shape index (κ2) is 7.90. The number of carbonyl (C=O) groups is 2. The van der Waals surface area contributed by atoms with Gasteiger partial charge in [-0.05, 0) is 29.8 Å². The molecule has 1 amide bonds.